The van der Waals surface area contributed by atoms with E-state index in [9.17, 15) is 4.79 Å². The lowest BCUT2D eigenvalue weighted by molar-refractivity contribution is 0.311. The number of aromatic nitrogens is 6. The van der Waals surface area contributed by atoms with E-state index in [4.69, 9.17) is 5.11 Å². The van der Waals surface area contributed by atoms with Crippen molar-refractivity contribution in [3.8, 4) is 11.1 Å². The summed E-state index contributed by atoms with van der Waals surface area (Å²) in [5.74, 6) is 0.630. The van der Waals surface area contributed by atoms with Crippen LogP contribution in [0.5, 0.6) is 0 Å². The van der Waals surface area contributed by atoms with Gasteiger partial charge in [-0.2, -0.15) is 14.7 Å². The lowest BCUT2D eigenvalue weighted by atomic mass is 10.0. The number of anilines is 1. The first-order chi connectivity index (χ1) is 11.7. The number of aliphatic hydroxyl groups is 1. The fourth-order valence-electron chi connectivity index (χ4n) is 2.87. The molecule has 4 rings (SSSR count). The van der Waals surface area contributed by atoms with E-state index in [1.807, 2.05) is 25.3 Å². The summed E-state index contributed by atoms with van der Waals surface area (Å²) in [5, 5.41) is 23.6. The average Bonchev–Trinajstić information content (AvgIpc) is 3.17. The second-order valence-electron chi connectivity index (χ2n) is 5.38. The highest BCUT2D eigenvalue weighted by molar-refractivity contribution is 5.99. The predicted molar refractivity (Wildman–Crippen MR) is 89.0 cm³/mol. The summed E-state index contributed by atoms with van der Waals surface area (Å²) >= 11 is 0. The van der Waals surface area contributed by atoms with Crippen LogP contribution in [0.4, 0.5) is 5.82 Å². The minimum Gasteiger partial charge on any atom is -0.395 e. The van der Waals surface area contributed by atoms with Gasteiger partial charge in [0.25, 0.3) is 0 Å². The van der Waals surface area contributed by atoms with Gasteiger partial charge in [-0.15, -0.1) is 0 Å². The van der Waals surface area contributed by atoms with Crippen LogP contribution in [-0.4, -0.2) is 48.0 Å². The van der Waals surface area contributed by atoms with Gasteiger partial charge in [0.05, 0.1) is 18.5 Å². The van der Waals surface area contributed by atoms with Gasteiger partial charge in [0.2, 0.25) is 0 Å². The topological polar surface area (TPSA) is 124 Å². The van der Waals surface area contributed by atoms with Crippen LogP contribution in [0.15, 0.2) is 29.3 Å². The molecule has 4 N–H and O–H groups in total. The number of aliphatic hydroxyl groups excluding tert-OH is 1. The molecule has 4 aromatic rings. The smallest absolute Gasteiger partial charge is 0.363 e. The summed E-state index contributed by atoms with van der Waals surface area (Å²) in [6.07, 6.45) is 3.39. The maximum absolute atomic E-state index is 11.9. The standard InChI is InChI=1S/C15H15N7O2/c1-8-13(11-7-18-20-15(24)22(11)21-8)10-6-12(16-4-5-23)19-14-9(10)2-3-17-14/h2-3,6-7,23H,4-5H2,1H3,(H,20,24)(H2,16,17,19). The van der Waals surface area contributed by atoms with Gasteiger partial charge in [-0.3, -0.25) is 0 Å². The Morgan fingerprint density at radius 3 is 3.12 bits per heavy atom. The van der Waals surface area contributed by atoms with E-state index in [0.717, 1.165) is 22.2 Å². The molecule has 0 unspecified atom stereocenters. The van der Waals surface area contributed by atoms with Crippen molar-refractivity contribution in [2.24, 2.45) is 0 Å². The number of nitrogens with zero attached hydrogens (tertiary/aromatic N) is 4. The highest BCUT2D eigenvalue weighted by Gasteiger charge is 2.17. The van der Waals surface area contributed by atoms with E-state index in [1.54, 1.807) is 6.20 Å². The highest BCUT2D eigenvalue weighted by Crippen LogP contribution is 2.34. The van der Waals surface area contributed by atoms with Crippen LogP contribution >= 0.6 is 0 Å². The molecule has 9 nitrogen and oxygen atoms in total. The van der Waals surface area contributed by atoms with Crippen molar-refractivity contribution in [1.82, 2.24) is 29.8 Å². The molecule has 4 aromatic heterocycles. The summed E-state index contributed by atoms with van der Waals surface area (Å²) in [4.78, 5) is 19.5. The third-order valence-corrected chi connectivity index (χ3v) is 3.85. The summed E-state index contributed by atoms with van der Waals surface area (Å²) in [7, 11) is 0. The van der Waals surface area contributed by atoms with Gasteiger partial charge in [-0.1, -0.05) is 0 Å². The van der Waals surface area contributed by atoms with Crippen molar-refractivity contribution in [2.75, 3.05) is 18.5 Å². The predicted octanol–water partition coefficient (Wildman–Crippen LogP) is 0.674. The number of H-pyrrole nitrogens is 2. The van der Waals surface area contributed by atoms with Crippen molar-refractivity contribution in [3.05, 3.63) is 40.7 Å². The maximum Gasteiger partial charge on any atom is 0.363 e. The molecule has 0 radical (unpaired) electrons. The van der Waals surface area contributed by atoms with Crippen LogP contribution in [0, 0.1) is 6.92 Å². The van der Waals surface area contributed by atoms with Crippen molar-refractivity contribution < 1.29 is 5.11 Å². The molecule has 9 heteroatoms. The van der Waals surface area contributed by atoms with Crippen LogP contribution in [0.3, 0.4) is 0 Å². The van der Waals surface area contributed by atoms with Crippen LogP contribution in [0.1, 0.15) is 5.69 Å². The molecule has 0 aliphatic rings. The zero-order valence-corrected chi connectivity index (χ0v) is 12.9. The fourth-order valence-corrected chi connectivity index (χ4v) is 2.87. The summed E-state index contributed by atoms with van der Waals surface area (Å²) in [6.45, 7) is 2.25. The quantitative estimate of drug-likeness (QED) is 0.437. The lowest BCUT2D eigenvalue weighted by Crippen LogP contribution is -2.18. The molecular weight excluding hydrogens is 310 g/mol. The van der Waals surface area contributed by atoms with Crippen LogP contribution in [0.25, 0.3) is 27.7 Å². The van der Waals surface area contributed by atoms with Gasteiger partial charge >= 0.3 is 5.69 Å². The number of rotatable bonds is 4. The largest absolute Gasteiger partial charge is 0.395 e. The summed E-state index contributed by atoms with van der Waals surface area (Å²) in [5.41, 5.74) is 3.38. The normalized spacial score (nSPS) is 11.4. The average molecular weight is 325 g/mol. The third kappa shape index (κ3) is 2.14. The van der Waals surface area contributed by atoms with Crippen molar-refractivity contribution >= 4 is 22.4 Å². The molecule has 0 amide bonds. The van der Waals surface area contributed by atoms with Crippen LogP contribution in [-0.2, 0) is 0 Å². The number of aryl methyl sites for hydroxylation is 1. The van der Waals surface area contributed by atoms with Gasteiger partial charge in [-0.25, -0.2) is 14.9 Å². The van der Waals surface area contributed by atoms with E-state index < -0.39 is 0 Å². The number of aromatic amines is 2. The Hall–Kier alpha value is -3.20. The molecule has 0 fully saturated rings. The first kappa shape index (κ1) is 14.4. The molecule has 24 heavy (non-hydrogen) atoms. The van der Waals surface area contributed by atoms with Crippen molar-refractivity contribution in [1.29, 1.82) is 0 Å². The molecule has 0 atom stereocenters. The Bertz CT molecular complexity index is 1090. The molecule has 0 aliphatic carbocycles. The van der Waals surface area contributed by atoms with Gasteiger partial charge in [0, 0.05) is 29.3 Å². The first-order valence-corrected chi connectivity index (χ1v) is 7.45. The van der Waals surface area contributed by atoms with E-state index in [0.29, 0.717) is 23.5 Å². The lowest BCUT2D eigenvalue weighted by Gasteiger charge is -2.08. The molecule has 4 heterocycles. The highest BCUT2D eigenvalue weighted by atomic mass is 16.3. The fraction of sp³-hybridized carbons (Fsp3) is 0.200. The van der Waals surface area contributed by atoms with Gasteiger partial charge in [-0.05, 0) is 19.1 Å². The molecule has 0 aliphatic heterocycles. The number of fused-ring (bicyclic) bond motifs is 2. The summed E-state index contributed by atoms with van der Waals surface area (Å²) in [6, 6.07) is 3.81. The van der Waals surface area contributed by atoms with Gasteiger partial charge < -0.3 is 15.4 Å². The van der Waals surface area contributed by atoms with Gasteiger partial charge in [0.15, 0.2) is 0 Å². The Morgan fingerprint density at radius 2 is 2.29 bits per heavy atom. The van der Waals surface area contributed by atoms with Crippen LogP contribution in [0.2, 0.25) is 0 Å². The van der Waals surface area contributed by atoms with Crippen molar-refractivity contribution in [3.63, 3.8) is 0 Å². The van der Waals surface area contributed by atoms with E-state index >= 15 is 0 Å². The minimum atomic E-state index is -0.389. The molecule has 0 aromatic carbocycles. The number of hydrogen-bond donors (Lipinski definition) is 4. The zero-order chi connectivity index (χ0) is 16.7. The monoisotopic (exact) mass is 325 g/mol. The third-order valence-electron chi connectivity index (χ3n) is 3.85. The molecular formula is C15H15N7O2. The Labute approximate surface area is 135 Å². The summed E-state index contributed by atoms with van der Waals surface area (Å²) < 4.78 is 1.30. The van der Waals surface area contributed by atoms with Crippen LogP contribution < -0.4 is 11.0 Å². The zero-order valence-electron chi connectivity index (χ0n) is 12.9. The van der Waals surface area contributed by atoms with E-state index in [-0.39, 0.29) is 12.3 Å². The molecule has 0 bridgehead atoms. The minimum absolute atomic E-state index is 0.00875. The Morgan fingerprint density at radius 1 is 1.42 bits per heavy atom. The maximum atomic E-state index is 11.9. The van der Waals surface area contributed by atoms with Crippen molar-refractivity contribution in [2.45, 2.75) is 6.92 Å². The second kappa shape index (κ2) is 5.46. The SMILES string of the molecule is Cc1nn2c(=O)[nH]ncc2c1-c1cc(NCCO)nc2[nH]ccc12. The number of nitrogens with one attached hydrogen (secondary N) is 3. The molecule has 0 saturated carbocycles. The van der Waals surface area contributed by atoms with E-state index in [2.05, 4.69) is 30.6 Å². The van der Waals surface area contributed by atoms with Gasteiger partial charge in [0.1, 0.15) is 17.0 Å². The number of hydrogen-bond acceptors (Lipinski definition) is 6. The second-order valence-corrected chi connectivity index (χ2v) is 5.38. The molecule has 0 saturated heterocycles. The first-order valence-electron chi connectivity index (χ1n) is 7.45. The Kier molecular flexibility index (Phi) is 3.28. The molecule has 122 valence electrons. The van der Waals surface area contributed by atoms with E-state index in [1.165, 1.54) is 4.52 Å². The molecule has 0 spiro atoms. The Balaban J connectivity index is 2.02. The number of pyridine rings is 1.